The van der Waals surface area contributed by atoms with E-state index in [4.69, 9.17) is 4.55 Å². The van der Waals surface area contributed by atoms with Crippen LogP contribution in [0, 0.1) is 10.1 Å². The van der Waals surface area contributed by atoms with Crippen LogP contribution in [-0.4, -0.2) is 57.6 Å². The molecule has 0 saturated carbocycles. The molecule has 0 saturated heterocycles. The average Bonchev–Trinajstić information content (AvgIpc) is 2.77. The molecule has 14 nitrogen and oxygen atoms in total. The number of nitro benzene ring substituents is 1. The predicted molar refractivity (Wildman–Crippen MR) is 134 cm³/mol. The van der Waals surface area contributed by atoms with Crippen LogP contribution in [0.4, 0.5) is 11.4 Å². The molecule has 3 aromatic carbocycles. The first-order chi connectivity index (χ1) is 17.1. The van der Waals surface area contributed by atoms with Crippen molar-refractivity contribution >= 4 is 52.1 Å². The van der Waals surface area contributed by atoms with Crippen LogP contribution in [0.5, 0.6) is 5.75 Å². The molecule has 0 spiro atoms. The number of nitrogens with one attached hydrogen (secondary N) is 1. The molecule has 0 aliphatic carbocycles. The van der Waals surface area contributed by atoms with Crippen molar-refractivity contribution in [1.82, 2.24) is 0 Å². The van der Waals surface area contributed by atoms with Gasteiger partial charge in [0.05, 0.1) is 33.3 Å². The van der Waals surface area contributed by atoms with Crippen molar-refractivity contribution in [1.29, 1.82) is 0 Å². The molecular formula is C20H20N4O10S3. The number of hydrogen-bond acceptors (Lipinski definition) is 10. The largest absolute Gasteiger partial charge is 0.507 e. The minimum atomic E-state index is -4.44. The number of sulfonamides is 1. The topological polar surface area (TPSA) is 223 Å². The molecule has 0 fully saturated rings. The highest BCUT2D eigenvalue weighted by molar-refractivity contribution is 7.91. The molecular weight excluding hydrogens is 552 g/mol. The molecule has 0 unspecified atom stereocenters. The lowest BCUT2D eigenvalue weighted by Crippen LogP contribution is -2.13. The van der Waals surface area contributed by atoms with Gasteiger partial charge in [0.1, 0.15) is 5.75 Å². The Morgan fingerprint density at radius 3 is 2.27 bits per heavy atom. The van der Waals surface area contributed by atoms with Crippen molar-refractivity contribution in [2.24, 2.45) is 9.74 Å². The van der Waals surface area contributed by atoms with E-state index in [1.54, 1.807) is 0 Å². The average molecular weight is 573 g/mol. The normalized spacial score (nSPS) is 12.7. The second kappa shape index (κ2) is 10.4. The number of aromatic hydroxyl groups is 1. The molecule has 198 valence electrons. The summed E-state index contributed by atoms with van der Waals surface area (Å²) in [5.41, 5.74) is 2.18. The van der Waals surface area contributed by atoms with E-state index in [9.17, 15) is 40.5 Å². The fourth-order valence-corrected chi connectivity index (χ4v) is 5.94. The van der Waals surface area contributed by atoms with Gasteiger partial charge in [-0.05, 0) is 40.8 Å². The van der Waals surface area contributed by atoms with E-state index < -0.39 is 63.4 Å². The predicted octanol–water partition coefficient (Wildman–Crippen LogP) is 2.91. The molecule has 3 rings (SSSR count). The van der Waals surface area contributed by atoms with Gasteiger partial charge in [-0.3, -0.25) is 20.1 Å². The third kappa shape index (κ3) is 6.97. The standard InChI is InChI=1S/C20H20N4O10S3/c1-35(28,29)23-22-21-17-5-2-4-16-18(25)9-8-15(20(16)17)14-7-6-13(24(26)27)12-19(14)36(30,31)10-3-11-37(32,33)34/h2,4-9,12,25H,3,10-11H2,1H3,(H,21,23)(H,32,33,34). The molecule has 0 aliphatic heterocycles. The first kappa shape index (κ1) is 27.9. The lowest BCUT2D eigenvalue weighted by molar-refractivity contribution is -0.385. The summed E-state index contributed by atoms with van der Waals surface area (Å²) in [6.45, 7) is 0. The first-order valence-electron chi connectivity index (χ1n) is 10.2. The van der Waals surface area contributed by atoms with Crippen LogP contribution in [0.2, 0.25) is 0 Å². The number of phenols is 1. The number of sulfone groups is 1. The van der Waals surface area contributed by atoms with Crippen LogP contribution in [0.3, 0.4) is 0 Å². The number of non-ortho nitro benzene ring substituents is 1. The summed E-state index contributed by atoms with van der Waals surface area (Å²) in [7, 11) is -12.6. The van der Waals surface area contributed by atoms with Gasteiger partial charge in [0, 0.05) is 28.5 Å². The minimum absolute atomic E-state index is 0.0169. The molecule has 0 aromatic heterocycles. The number of anilines is 1. The second-order valence-corrected chi connectivity index (χ2v) is 13.1. The Morgan fingerprint density at radius 2 is 1.65 bits per heavy atom. The Kier molecular flexibility index (Phi) is 7.82. The SMILES string of the molecule is CS(=O)(=O)N=NNc1cccc2c(O)ccc(-c3ccc([N+](=O)[O-])cc3S(=O)(=O)CCCS(=O)(=O)O)c12. The fraction of sp³-hybridized carbons (Fsp3) is 0.200. The summed E-state index contributed by atoms with van der Waals surface area (Å²) in [4.78, 5) is 10.1. The molecule has 0 bridgehead atoms. The van der Waals surface area contributed by atoms with Gasteiger partial charge < -0.3 is 5.11 Å². The van der Waals surface area contributed by atoms with Gasteiger partial charge in [-0.15, -0.1) is 0 Å². The highest BCUT2D eigenvalue weighted by Gasteiger charge is 2.25. The molecule has 0 heterocycles. The Labute approximate surface area is 211 Å². The maximum atomic E-state index is 13.2. The van der Waals surface area contributed by atoms with E-state index in [1.165, 1.54) is 36.4 Å². The monoisotopic (exact) mass is 572 g/mol. The quantitative estimate of drug-likeness (QED) is 0.139. The Hall–Kier alpha value is -3.67. The van der Waals surface area contributed by atoms with Crippen LogP contribution in [0.25, 0.3) is 21.9 Å². The maximum Gasteiger partial charge on any atom is 0.270 e. The zero-order valence-corrected chi connectivity index (χ0v) is 21.4. The highest BCUT2D eigenvalue weighted by atomic mass is 32.2. The van der Waals surface area contributed by atoms with Gasteiger partial charge in [-0.25, -0.2) is 16.8 Å². The number of rotatable bonds is 10. The molecule has 17 heteroatoms. The van der Waals surface area contributed by atoms with Crippen molar-refractivity contribution in [3.63, 3.8) is 0 Å². The van der Waals surface area contributed by atoms with Crippen molar-refractivity contribution < 1.29 is 39.8 Å². The van der Waals surface area contributed by atoms with Crippen molar-refractivity contribution in [3.8, 4) is 16.9 Å². The van der Waals surface area contributed by atoms with Crippen molar-refractivity contribution in [3.05, 3.63) is 58.6 Å². The first-order valence-corrected chi connectivity index (χ1v) is 15.3. The zero-order valence-electron chi connectivity index (χ0n) is 19.0. The van der Waals surface area contributed by atoms with E-state index in [1.807, 2.05) is 0 Å². The molecule has 0 radical (unpaired) electrons. The minimum Gasteiger partial charge on any atom is -0.507 e. The summed E-state index contributed by atoms with van der Waals surface area (Å²) in [5, 5.41) is 25.6. The number of nitrogens with zero attached hydrogens (tertiary/aromatic N) is 3. The maximum absolute atomic E-state index is 13.2. The van der Waals surface area contributed by atoms with E-state index >= 15 is 0 Å². The van der Waals surface area contributed by atoms with Gasteiger partial charge in [-0.1, -0.05) is 17.4 Å². The van der Waals surface area contributed by atoms with E-state index in [2.05, 4.69) is 15.2 Å². The Bertz CT molecular complexity index is 1740. The lowest BCUT2D eigenvalue weighted by atomic mass is 9.96. The molecule has 0 atom stereocenters. The Morgan fingerprint density at radius 1 is 0.973 bits per heavy atom. The smallest absolute Gasteiger partial charge is 0.270 e. The number of nitro groups is 1. The van der Waals surface area contributed by atoms with Crippen LogP contribution in [0.15, 0.2) is 63.2 Å². The Balaban J connectivity index is 2.27. The summed E-state index contributed by atoms with van der Waals surface area (Å²) < 4.78 is 83.1. The fourth-order valence-electron chi connectivity index (χ4n) is 3.50. The number of benzene rings is 3. The number of hydrogen-bond donors (Lipinski definition) is 3. The third-order valence-corrected chi connectivity index (χ3v) is 8.01. The summed E-state index contributed by atoms with van der Waals surface area (Å²) in [6, 6.07) is 10.2. The van der Waals surface area contributed by atoms with Crippen LogP contribution >= 0.6 is 0 Å². The lowest BCUT2D eigenvalue weighted by Gasteiger charge is -2.16. The van der Waals surface area contributed by atoms with Crippen LogP contribution in [0.1, 0.15) is 6.42 Å². The van der Waals surface area contributed by atoms with E-state index in [-0.39, 0.29) is 33.3 Å². The van der Waals surface area contributed by atoms with Gasteiger partial charge in [0.2, 0.25) is 0 Å². The van der Waals surface area contributed by atoms with Gasteiger partial charge in [0.15, 0.2) is 9.84 Å². The van der Waals surface area contributed by atoms with Gasteiger partial charge >= 0.3 is 0 Å². The van der Waals surface area contributed by atoms with Crippen LogP contribution < -0.4 is 5.43 Å². The summed E-state index contributed by atoms with van der Waals surface area (Å²) in [6.07, 6.45) is 0.340. The molecule has 37 heavy (non-hydrogen) atoms. The van der Waals surface area contributed by atoms with E-state index in [0.717, 1.165) is 18.4 Å². The van der Waals surface area contributed by atoms with Crippen LogP contribution in [-0.2, 0) is 30.0 Å². The highest BCUT2D eigenvalue weighted by Crippen LogP contribution is 2.41. The zero-order chi connectivity index (χ0) is 27.6. The molecule has 3 aromatic rings. The second-order valence-electron chi connectivity index (χ2n) is 7.78. The molecule has 3 N–H and O–H groups in total. The van der Waals surface area contributed by atoms with Gasteiger partial charge in [-0.2, -0.15) is 8.42 Å². The summed E-state index contributed by atoms with van der Waals surface area (Å²) in [5.74, 6) is -1.79. The number of phenolic OH excluding ortho intramolecular Hbond substituents is 1. The number of fused-ring (bicyclic) bond motifs is 1. The summed E-state index contributed by atoms with van der Waals surface area (Å²) >= 11 is 0. The van der Waals surface area contributed by atoms with Crippen molar-refractivity contribution in [2.75, 3.05) is 23.2 Å². The van der Waals surface area contributed by atoms with Gasteiger partial charge in [0.25, 0.3) is 25.8 Å². The van der Waals surface area contributed by atoms with Crippen molar-refractivity contribution in [2.45, 2.75) is 11.3 Å². The molecule has 0 aliphatic rings. The van der Waals surface area contributed by atoms with E-state index in [0.29, 0.717) is 0 Å². The molecule has 0 amide bonds. The third-order valence-electron chi connectivity index (χ3n) is 4.99.